The molecule has 0 fully saturated rings. The Balaban J connectivity index is 1.17. The van der Waals surface area contributed by atoms with Crippen molar-refractivity contribution in [1.82, 2.24) is 9.13 Å². The van der Waals surface area contributed by atoms with Gasteiger partial charge in [0, 0.05) is 55.4 Å². The maximum absolute atomic E-state index is 6.18. The van der Waals surface area contributed by atoms with E-state index in [1.165, 1.54) is 66.2 Å². The highest BCUT2D eigenvalue weighted by Gasteiger charge is 2.24. The maximum atomic E-state index is 6.18. The van der Waals surface area contributed by atoms with E-state index in [2.05, 4.69) is 169 Å². The van der Waals surface area contributed by atoms with Gasteiger partial charge in [-0.2, -0.15) is 0 Å². The molecule has 10 rings (SSSR count). The molecule has 0 aliphatic rings. The molecule has 3 heterocycles. The van der Waals surface area contributed by atoms with Crippen molar-refractivity contribution in [2.24, 2.45) is 0 Å². The molecule has 0 unspecified atom stereocenters. The Morgan fingerprint density at radius 2 is 0.939 bits per heavy atom. The van der Waals surface area contributed by atoms with Crippen LogP contribution >= 0.6 is 0 Å². The Hall–Kier alpha value is -6.32. The van der Waals surface area contributed by atoms with Crippen molar-refractivity contribution in [2.45, 2.75) is 13.8 Å². The third kappa shape index (κ3) is 4.09. The van der Waals surface area contributed by atoms with Crippen LogP contribution in [0.5, 0.6) is 0 Å². The molecule has 0 amide bonds. The third-order valence-electron chi connectivity index (χ3n) is 10.3. The van der Waals surface area contributed by atoms with Gasteiger partial charge in [-0.1, -0.05) is 109 Å². The Kier molecular flexibility index (Phi) is 6.00. The van der Waals surface area contributed by atoms with Crippen LogP contribution in [-0.2, 0) is 0 Å². The number of furan rings is 1. The number of hydrogen-bond donors (Lipinski definition) is 0. The minimum atomic E-state index is 0.907. The summed E-state index contributed by atoms with van der Waals surface area (Å²) >= 11 is 0. The molecular weight excluding hydrogens is 597 g/mol. The number of rotatable bonds is 4. The van der Waals surface area contributed by atoms with Gasteiger partial charge in [-0.15, -0.1) is 0 Å². The van der Waals surface area contributed by atoms with Crippen LogP contribution in [0.3, 0.4) is 0 Å². The lowest BCUT2D eigenvalue weighted by atomic mass is 9.98. The lowest BCUT2D eigenvalue weighted by molar-refractivity contribution is 0.669. The van der Waals surface area contributed by atoms with Crippen molar-refractivity contribution in [2.75, 3.05) is 0 Å². The van der Waals surface area contributed by atoms with Crippen molar-refractivity contribution in [1.29, 1.82) is 0 Å². The van der Waals surface area contributed by atoms with Crippen molar-refractivity contribution in [3.05, 3.63) is 169 Å². The number of benzene rings is 7. The number of fused-ring (bicyclic) bond motifs is 6. The first-order chi connectivity index (χ1) is 24.2. The summed E-state index contributed by atoms with van der Waals surface area (Å²) < 4.78 is 11.0. The molecule has 232 valence electrons. The first kappa shape index (κ1) is 27.8. The summed E-state index contributed by atoms with van der Waals surface area (Å²) in [5.74, 6) is 0. The number of para-hydroxylation sites is 3. The van der Waals surface area contributed by atoms with Gasteiger partial charge in [-0.05, 0) is 84.3 Å². The summed E-state index contributed by atoms with van der Waals surface area (Å²) in [6.07, 6.45) is 0. The molecule has 49 heavy (non-hydrogen) atoms. The summed E-state index contributed by atoms with van der Waals surface area (Å²) in [6, 6.07) is 56.7. The molecule has 0 saturated heterocycles. The second-order valence-corrected chi connectivity index (χ2v) is 13.0. The van der Waals surface area contributed by atoms with E-state index in [4.69, 9.17) is 4.42 Å². The van der Waals surface area contributed by atoms with Gasteiger partial charge in [0.2, 0.25) is 0 Å². The van der Waals surface area contributed by atoms with Crippen LogP contribution in [0.4, 0.5) is 0 Å². The lowest BCUT2D eigenvalue weighted by Crippen LogP contribution is -1.98. The van der Waals surface area contributed by atoms with E-state index in [0.717, 1.165) is 33.3 Å². The van der Waals surface area contributed by atoms with Crippen molar-refractivity contribution in [3.63, 3.8) is 0 Å². The summed E-state index contributed by atoms with van der Waals surface area (Å²) in [6.45, 7) is 4.53. The van der Waals surface area contributed by atoms with Gasteiger partial charge < -0.3 is 13.6 Å². The summed E-state index contributed by atoms with van der Waals surface area (Å²) in [5.41, 5.74) is 14.0. The zero-order chi connectivity index (χ0) is 32.6. The van der Waals surface area contributed by atoms with Gasteiger partial charge in [-0.3, -0.25) is 0 Å². The van der Waals surface area contributed by atoms with E-state index in [-0.39, 0.29) is 0 Å². The smallest absolute Gasteiger partial charge is 0.135 e. The topological polar surface area (TPSA) is 23.0 Å². The van der Waals surface area contributed by atoms with E-state index >= 15 is 0 Å². The van der Waals surface area contributed by atoms with Gasteiger partial charge in [0.25, 0.3) is 0 Å². The fourth-order valence-electron chi connectivity index (χ4n) is 8.15. The van der Waals surface area contributed by atoms with Crippen LogP contribution in [0.2, 0.25) is 0 Å². The van der Waals surface area contributed by atoms with Crippen molar-refractivity contribution < 1.29 is 4.42 Å². The average molecular weight is 629 g/mol. The number of hydrogen-bond acceptors (Lipinski definition) is 1. The SMILES string of the molecule is Cc1c(-c2c(C)n(-c3ccc4oc5ccccc5c4c3)c3ccccc23)c2ccccc2n1-c1ccc(-c2cccc3ccccc23)cc1. The van der Waals surface area contributed by atoms with E-state index in [0.29, 0.717) is 0 Å². The Morgan fingerprint density at radius 1 is 0.408 bits per heavy atom. The monoisotopic (exact) mass is 628 g/mol. The van der Waals surface area contributed by atoms with Gasteiger partial charge >= 0.3 is 0 Å². The van der Waals surface area contributed by atoms with E-state index < -0.39 is 0 Å². The lowest BCUT2D eigenvalue weighted by Gasteiger charge is -2.12. The summed E-state index contributed by atoms with van der Waals surface area (Å²) in [7, 11) is 0. The summed E-state index contributed by atoms with van der Waals surface area (Å²) in [5, 5.41) is 7.30. The predicted octanol–water partition coefficient (Wildman–Crippen LogP) is 12.6. The van der Waals surface area contributed by atoms with Crippen LogP contribution in [-0.4, -0.2) is 9.13 Å². The van der Waals surface area contributed by atoms with Crippen LogP contribution in [0.25, 0.3) is 88.1 Å². The Morgan fingerprint density at radius 3 is 1.65 bits per heavy atom. The molecular formula is C46H32N2O. The quantitative estimate of drug-likeness (QED) is 0.190. The largest absolute Gasteiger partial charge is 0.456 e. The highest BCUT2D eigenvalue weighted by Crippen LogP contribution is 2.44. The molecule has 0 radical (unpaired) electrons. The maximum Gasteiger partial charge on any atom is 0.135 e. The molecule has 0 bridgehead atoms. The van der Waals surface area contributed by atoms with Crippen LogP contribution in [0, 0.1) is 13.8 Å². The van der Waals surface area contributed by atoms with Gasteiger partial charge in [0.15, 0.2) is 0 Å². The zero-order valence-corrected chi connectivity index (χ0v) is 27.3. The third-order valence-corrected chi connectivity index (χ3v) is 10.3. The minimum absolute atomic E-state index is 0.907. The van der Waals surface area contributed by atoms with E-state index in [9.17, 15) is 0 Å². The first-order valence-corrected chi connectivity index (χ1v) is 16.9. The molecule has 10 aromatic rings. The van der Waals surface area contributed by atoms with Crippen molar-refractivity contribution in [3.8, 4) is 33.6 Å². The van der Waals surface area contributed by atoms with Gasteiger partial charge in [0.05, 0.1) is 11.0 Å². The highest BCUT2D eigenvalue weighted by molar-refractivity contribution is 6.10. The average Bonchev–Trinajstić information content (AvgIpc) is 3.76. The van der Waals surface area contributed by atoms with E-state index in [1.54, 1.807) is 0 Å². The molecule has 0 aliphatic heterocycles. The summed E-state index contributed by atoms with van der Waals surface area (Å²) in [4.78, 5) is 0. The molecule has 3 heteroatoms. The molecule has 0 spiro atoms. The van der Waals surface area contributed by atoms with Crippen LogP contribution in [0.1, 0.15) is 11.4 Å². The molecule has 0 aliphatic carbocycles. The standard InChI is InChI=1S/C46H32N2O/c1-29-45(38-16-5-8-19-41(38)47(29)33-24-22-32(23-25-33)36-18-11-13-31-12-3-4-14-35(31)36)46-30(2)48(42-20-9-6-17-39(42)46)34-26-27-44-40(28-34)37-15-7-10-21-43(37)49-44/h3-28H,1-2H3. The zero-order valence-electron chi connectivity index (χ0n) is 27.3. The minimum Gasteiger partial charge on any atom is -0.456 e. The molecule has 3 aromatic heterocycles. The second-order valence-electron chi connectivity index (χ2n) is 13.0. The first-order valence-electron chi connectivity index (χ1n) is 16.9. The Bertz CT molecular complexity index is 2890. The molecule has 7 aromatic carbocycles. The van der Waals surface area contributed by atoms with Crippen molar-refractivity contribution >= 4 is 54.5 Å². The normalized spacial score (nSPS) is 11.9. The van der Waals surface area contributed by atoms with Gasteiger partial charge in [-0.25, -0.2) is 0 Å². The second kappa shape index (κ2) is 10.6. The number of nitrogens with zero attached hydrogens (tertiary/aromatic N) is 2. The predicted molar refractivity (Wildman–Crippen MR) is 205 cm³/mol. The fraction of sp³-hybridized carbons (Fsp3) is 0.0435. The number of aromatic nitrogens is 2. The molecule has 0 N–H and O–H groups in total. The highest BCUT2D eigenvalue weighted by atomic mass is 16.3. The van der Waals surface area contributed by atoms with E-state index in [1.807, 2.05) is 12.1 Å². The van der Waals surface area contributed by atoms with Crippen LogP contribution < -0.4 is 0 Å². The molecule has 0 saturated carbocycles. The Labute approximate surface area is 283 Å². The molecule has 0 atom stereocenters. The molecule has 3 nitrogen and oxygen atoms in total. The fourth-order valence-corrected chi connectivity index (χ4v) is 8.15. The van der Waals surface area contributed by atoms with Gasteiger partial charge in [0.1, 0.15) is 11.2 Å². The van der Waals surface area contributed by atoms with Crippen LogP contribution in [0.15, 0.2) is 162 Å².